The fraction of sp³-hybridized carbons (Fsp3) is 0.900. The second-order valence-electron chi connectivity index (χ2n) is 4.72. The Hall–Kier alpha value is 0. The molecule has 0 aliphatic heterocycles. The maximum absolute atomic E-state index is 2.55. The van der Waals surface area contributed by atoms with E-state index in [1.165, 1.54) is 12.8 Å². The molecule has 3 aliphatic carbocycles. The molecule has 57 valence electrons. The number of hydrogen-bond donors (Lipinski definition) is 0. The van der Waals surface area contributed by atoms with Crippen LogP contribution in [0.15, 0.2) is 0 Å². The van der Waals surface area contributed by atoms with Crippen LogP contribution in [-0.4, -0.2) is 0 Å². The van der Waals surface area contributed by atoms with Crippen LogP contribution in [0.25, 0.3) is 0 Å². The minimum atomic E-state index is 0.650. The minimum Gasteiger partial charge on any atom is -0.0622 e. The highest BCUT2D eigenvalue weighted by molar-refractivity contribution is 5.09. The lowest BCUT2D eigenvalue weighted by Gasteiger charge is -2.59. The van der Waals surface area contributed by atoms with Crippen LogP contribution in [0.4, 0.5) is 0 Å². The third kappa shape index (κ3) is 0.627. The first-order valence-electron chi connectivity index (χ1n) is 4.45. The van der Waals surface area contributed by atoms with Crippen molar-refractivity contribution in [1.82, 2.24) is 0 Å². The zero-order valence-electron chi connectivity index (χ0n) is 7.22. The monoisotopic (exact) mass is 137 g/mol. The van der Waals surface area contributed by atoms with Crippen LogP contribution in [0, 0.1) is 29.6 Å². The molecule has 3 unspecified atom stereocenters. The molecule has 3 aliphatic rings. The van der Waals surface area contributed by atoms with Crippen molar-refractivity contribution in [3.8, 4) is 0 Å². The molecule has 10 heavy (non-hydrogen) atoms. The fourth-order valence-corrected chi connectivity index (χ4v) is 2.90. The van der Waals surface area contributed by atoms with Crippen molar-refractivity contribution in [2.45, 2.75) is 33.6 Å². The van der Waals surface area contributed by atoms with Crippen LogP contribution in [-0.2, 0) is 0 Å². The Morgan fingerprint density at radius 1 is 1.40 bits per heavy atom. The van der Waals surface area contributed by atoms with Gasteiger partial charge in [-0.25, -0.2) is 0 Å². The molecule has 0 spiro atoms. The molecule has 0 aromatic heterocycles. The zero-order chi connectivity index (χ0) is 7.35. The summed E-state index contributed by atoms with van der Waals surface area (Å²) in [6.45, 7) is 7.26. The maximum atomic E-state index is 2.55. The predicted octanol–water partition coefficient (Wildman–Crippen LogP) is 2.89. The number of rotatable bonds is 0. The molecule has 0 nitrogen and oxygen atoms in total. The van der Waals surface area contributed by atoms with Gasteiger partial charge in [-0.3, -0.25) is 0 Å². The molecule has 0 aromatic rings. The topological polar surface area (TPSA) is 0 Å². The third-order valence-corrected chi connectivity index (χ3v) is 3.90. The second kappa shape index (κ2) is 1.78. The smallest absolute Gasteiger partial charge is 0.0292 e. The van der Waals surface area contributed by atoms with Gasteiger partial charge in [0.2, 0.25) is 0 Å². The van der Waals surface area contributed by atoms with Crippen LogP contribution >= 0.6 is 0 Å². The van der Waals surface area contributed by atoms with Gasteiger partial charge < -0.3 is 0 Å². The lowest BCUT2D eigenvalue weighted by atomic mass is 9.46. The van der Waals surface area contributed by atoms with Gasteiger partial charge in [0, 0.05) is 0 Å². The summed E-state index contributed by atoms with van der Waals surface area (Å²) < 4.78 is 0. The summed E-state index contributed by atoms with van der Waals surface area (Å²) in [5.74, 6) is 2.94. The van der Waals surface area contributed by atoms with Crippen molar-refractivity contribution in [2.75, 3.05) is 0 Å². The molecule has 3 rings (SSSR count). The van der Waals surface area contributed by atoms with Crippen molar-refractivity contribution >= 4 is 0 Å². The summed E-state index contributed by atoms with van der Waals surface area (Å²) in [5.41, 5.74) is 0.650. The first-order chi connectivity index (χ1) is 4.62. The molecular weight excluding hydrogens is 120 g/mol. The second-order valence-corrected chi connectivity index (χ2v) is 4.72. The van der Waals surface area contributed by atoms with E-state index in [1.807, 2.05) is 0 Å². The molecule has 3 saturated carbocycles. The van der Waals surface area contributed by atoms with E-state index in [-0.39, 0.29) is 0 Å². The predicted molar refractivity (Wildman–Crippen MR) is 43.5 cm³/mol. The normalized spacial score (nSPS) is 50.1. The molecule has 2 bridgehead atoms. The van der Waals surface area contributed by atoms with E-state index in [9.17, 15) is 0 Å². The van der Waals surface area contributed by atoms with Crippen molar-refractivity contribution in [3.63, 3.8) is 0 Å². The highest BCUT2D eigenvalue weighted by Gasteiger charge is 2.52. The van der Waals surface area contributed by atoms with E-state index < -0.39 is 0 Å². The lowest BCUT2D eigenvalue weighted by Crippen LogP contribution is -2.51. The molecule has 0 N–H and O–H groups in total. The van der Waals surface area contributed by atoms with E-state index >= 15 is 0 Å². The summed E-state index contributed by atoms with van der Waals surface area (Å²) in [4.78, 5) is 0. The Labute approximate surface area is 64.0 Å². The van der Waals surface area contributed by atoms with Gasteiger partial charge in [0.25, 0.3) is 0 Å². The molecule has 0 heteroatoms. The average molecular weight is 137 g/mol. The van der Waals surface area contributed by atoms with Gasteiger partial charge in [-0.1, -0.05) is 20.8 Å². The van der Waals surface area contributed by atoms with Crippen LogP contribution in [0.2, 0.25) is 0 Å². The summed E-state index contributed by atoms with van der Waals surface area (Å²) in [6.07, 6.45) is 5.40. The number of hydrogen-bond acceptors (Lipinski definition) is 0. The SMILES string of the molecule is CC1C[CH]C2CC1C2(C)C. The van der Waals surface area contributed by atoms with Crippen molar-refractivity contribution in [3.05, 3.63) is 6.42 Å². The highest BCUT2D eigenvalue weighted by atomic mass is 14.6. The van der Waals surface area contributed by atoms with E-state index in [4.69, 9.17) is 0 Å². The van der Waals surface area contributed by atoms with Crippen LogP contribution in [0.5, 0.6) is 0 Å². The molecule has 3 atom stereocenters. The molecule has 0 saturated heterocycles. The van der Waals surface area contributed by atoms with E-state index in [0.717, 1.165) is 17.8 Å². The highest BCUT2D eigenvalue weighted by Crippen LogP contribution is 2.60. The molecule has 3 fully saturated rings. The maximum Gasteiger partial charge on any atom is -0.0292 e. The Kier molecular flexibility index (Phi) is 1.19. The van der Waals surface area contributed by atoms with E-state index in [0.29, 0.717) is 5.41 Å². The van der Waals surface area contributed by atoms with E-state index in [2.05, 4.69) is 27.2 Å². The summed E-state index contributed by atoms with van der Waals surface area (Å²) in [5, 5.41) is 0. The van der Waals surface area contributed by atoms with E-state index in [1.54, 1.807) is 0 Å². The van der Waals surface area contributed by atoms with Crippen molar-refractivity contribution < 1.29 is 0 Å². The molecule has 0 heterocycles. The zero-order valence-corrected chi connectivity index (χ0v) is 7.22. The van der Waals surface area contributed by atoms with Gasteiger partial charge in [0.15, 0.2) is 0 Å². The van der Waals surface area contributed by atoms with Gasteiger partial charge in [0.1, 0.15) is 0 Å². The molecule has 0 amide bonds. The Morgan fingerprint density at radius 2 is 2.10 bits per heavy atom. The van der Waals surface area contributed by atoms with Gasteiger partial charge in [-0.2, -0.15) is 0 Å². The molecule has 0 aromatic carbocycles. The lowest BCUT2D eigenvalue weighted by molar-refractivity contribution is -0.0664. The van der Waals surface area contributed by atoms with Crippen LogP contribution < -0.4 is 0 Å². The van der Waals surface area contributed by atoms with Gasteiger partial charge in [0.05, 0.1) is 0 Å². The fourth-order valence-electron chi connectivity index (χ4n) is 2.90. The Bertz CT molecular complexity index is 144. The standard InChI is InChI=1S/C10H17/c1-7-4-5-8-6-9(7)10(8,2)3/h5,7-9H,4,6H2,1-3H3. The largest absolute Gasteiger partial charge is 0.0622 e. The summed E-state index contributed by atoms with van der Waals surface area (Å²) >= 11 is 0. The third-order valence-electron chi connectivity index (χ3n) is 3.90. The Morgan fingerprint density at radius 3 is 2.40 bits per heavy atom. The van der Waals surface area contributed by atoms with Crippen molar-refractivity contribution in [1.29, 1.82) is 0 Å². The first-order valence-corrected chi connectivity index (χ1v) is 4.45. The first kappa shape index (κ1) is 6.69. The van der Waals surface area contributed by atoms with Gasteiger partial charge in [-0.15, -0.1) is 0 Å². The van der Waals surface area contributed by atoms with Gasteiger partial charge in [-0.05, 0) is 42.4 Å². The Balaban J connectivity index is 2.16. The van der Waals surface area contributed by atoms with Crippen LogP contribution in [0.3, 0.4) is 0 Å². The average Bonchev–Trinajstić information content (AvgIpc) is 1.87. The van der Waals surface area contributed by atoms with Gasteiger partial charge >= 0.3 is 0 Å². The van der Waals surface area contributed by atoms with Crippen molar-refractivity contribution in [2.24, 2.45) is 23.2 Å². The molecular formula is C10H17. The minimum absolute atomic E-state index is 0.650. The quantitative estimate of drug-likeness (QED) is 0.481. The molecule has 1 radical (unpaired) electrons. The number of fused-ring (bicyclic) bond motifs is 2. The summed E-state index contributed by atoms with van der Waals surface area (Å²) in [7, 11) is 0. The van der Waals surface area contributed by atoms with Crippen LogP contribution in [0.1, 0.15) is 33.6 Å². The summed E-state index contributed by atoms with van der Waals surface area (Å²) in [6, 6.07) is 0.